The smallest absolute Gasteiger partial charge is 0.265 e. The first-order valence-electron chi connectivity index (χ1n) is 3.74. The standard InChI is InChI=1S/C7H10F2N2OS/c8-7(9)6(12)2-10-1-5-3-13-4-11-5/h3-4,6-7,10,12H,1-2H2. The third-order valence-corrected chi connectivity index (χ3v) is 2.07. The van der Waals surface area contributed by atoms with Crippen molar-refractivity contribution in [1.82, 2.24) is 10.3 Å². The molecule has 2 N–H and O–H groups in total. The quantitative estimate of drug-likeness (QED) is 0.754. The van der Waals surface area contributed by atoms with E-state index in [1.54, 1.807) is 5.51 Å². The maximum Gasteiger partial charge on any atom is 0.265 e. The molecule has 1 unspecified atom stereocenters. The molecule has 0 aromatic carbocycles. The van der Waals surface area contributed by atoms with Crippen molar-refractivity contribution in [2.75, 3.05) is 6.54 Å². The Hall–Kier alpha value is -0.590. The van der Waals surface area contributed by atoms with Crippen molar-refractivity contribution < 1.29 is 13.9 Å². The van der Waals surface area contributed by atoms with Crippen LogP contribution in [0.1, 0.15) is 5.69 Å². The van der Waals surface area contributed by atoms with Crippen molar-refractivity contribution in [2.24, 2.45) is 0 Å². The minimum absolute atomic E-state index is 0.116. The Morgan fingerprint density at radius 2 is 2.38 bits per heavy atom. The zero-order valence-corrected chi connectivity index (χ0v) is 7.60. The molecule has 1 aromatic rings. The van der Waals surface area contributed by atoms with Crippen LogP contribution in [-0.2, 0) is 6.54 Å². The van der Waals surface area contributed by atoms with Gasteiger partial charge in [0.2, 0.25) is 0 Å². The molecule has 6 heteroatoms. The third-order valence-electron chi connectivity index (χ3n) is 1.43. The molecule has 0 spiro atoms. The molecule has 3 nitrogen and oxygen atoms in total. The van der Waals surface area contributed by atoms with Crippen LogP contribution in [0.4, 0.5) is 8.78 Å². The second kappa shape index (κ2) is 5.21. The number of hydrogen-bond donors (Lipinski definition) is 2. The van der Waals surface area contributed by atoms with E-state index in [2.05, 4.69) is 10.3 Å². The van der Waals surface area contributed by atoms with Crippen molar-refractivity contribution in [3.8, 4) is 0 Å². The van der Waals surface area contributed by atoms with Crippen molar-refractivity contribution >= 4 is 11.3 Å². The van der Waals surface area contributed by atoms with Gasteiger partial charge in [0, 0.05) is 18.5 Å². The monoisotopic (exact) mass is 208 g/mol. The van der Waals surface area contributed by atoms with Crippen molar-refractivity contribution in [3.63, 3.8) is 0 Å². The summed E-state index contributed by atoms with van der Waals surface area (Å²) in [7, 11) is 0. The van der Waals surface area contributed by atoms with Crippen LogP contribution >= 0.6 is 11.3 Å². The second-order valence-corrected chi connectivity index (χ2v) is 3.23. The normalized spacial score (nSPS) is 13.5. The molecular weight excluding hydrogens is 198 g/mol. The van der Waals surface area contributed by atoms with Gasteiger partial charge in [-0.2, -0.15) is 0 Å². The van der Waals surface area contributed by atoms with E-state index in [4.69, 9.17) is 5.11 Å². The van der Waals surface area contributed by atoms with Gasteiger partial charge in [-0.1, -0.05) is 0 Å². The van der Waals surface area contributed by atoms with E-state index in [9.17, 15) is 8.78 Å². The van der Waals surface area contributed by atoms with Crippen LogP contribution in [0.2, 0.25) is 0 Å². The lowest BCUT2D eigenvalue weighted by molar-refractivity contribution is -0.00343. The summed E-state index contributed by atoms with van der Waals surface area (Å²) in [6, 6.07) is 0. The number of hydrogen-bond acceptors (Lipinski definition) is 4. The van der Waals surface area contributed by atoms with E-state index in [1.165, 1.54) is 11.3 Å². The van der Waals surface area contributed by atoms with Crippen molar-refractivity contribution in [2.45, 2.75) is 19.1 Å². The van der Waals surface area contributed by atoms with Gasteiger partial charge in [-0.05, 0) is 0 Å². The lowest BCUT2D eigenvalue weighted by atomic mass is 10.3. The Morgan fingerprint density at radius 1 is 1.62 bits per heavy atom. The van der Waals surface area contributed by atoms with Gasteiger partial charge in [-0.25, -0.2) is 13.8 Å². The molecule has 1 atom stereocenters. The molecule has 0 aliphatic heterocycles. The molecule has 0 fully saturated rings. The van der Waals surface area contributed by atoms with E-state index in [-0.39, 0.29) is 6.54 Å². The summed E-state index contributed by atoms with van der Waals surface area (Å²) in [4.78, 5) is 3.94. The number of halogens is 2. The first-order chi connectivity index (χ1) is 6.20. The minimum atomic E-state index is -2.69. The van der Waals surface area contributed by atoms with Crippen LogP contribution in [0.5, 0.6) is 0 Å². The predicted octanol–water partition coefficient (Wildman–Crippen LogP) is 0.859. The summed E-state index contributed by atoms with van der Waals surface area (Å²) in [5, 5.41) is 13.2. The van der Waals surface area contributed by atoms with Gasteiger partial charge in [0.15, 0.2) is 0 Å². The van der Waals surface area contributed by atoms with Gasteiger partial charge in [-0.3, -0.25) is 0 Å². The molecule has 13 heavy (non-hydrogen) atoms. The number of nitrogens with one attached hydrogen (secondary N) is 1. The maximum atomic E-state index is 11.8. The van der Waals surface area contributed by atoms with Gasteiger partial charge >= 0.3 is 0 Å². The van der Waals surface area contributed by atoms with Crippen LogP contribution < -0.4 is 5.32 Å². The fourth-order valence-corrected chi connectivity index (χ4v) is 1.32. The zero-order valence-electron chi connectivity index (χ0n) is 6.78. The van der Waals surface area contributed by atoms with Crippen molar-refractivity contribution in [3.05, 3.63) is 16.6 Å². The van der Waals surface area contributed by atoms with Gasteiger partial charge in [-0.15, -0.1) is 11.3 Å². The fraction of sp³-hybridized carbons (Fsp3) is 0.571. The van der Waals surface area contributed by atoms with Gasteiger partial charge in [0.25, 0.3) is 6.43 Å². The average Bonchev–Trinajstić information content (AvgIpc) is 2.56. The molecule has 1 heterocycles. The van der Waals surface area contributed by atoms with Gasteiger partial charge < -0.3 is 10.4 Å². The molecule has 0 aliphatic rings. The maximum absolute atomic E-state index is 11.8. The Bertz CT molecular complexity index is 230. The Balaban J connectivity index is 2.14. The highest BCUT2D eigenvalue weighted by molar-refractivity contribution is 7.07. The SMILES string of the molecule is OC(CNCc1cscn1)C(F)F. The molecule has 0 aliphatic carbocycles. The second-order valence-electron chi connectivity index (χ2n) is 2.51. The minimum Gasteiger partial charge on any atom is -0.386 e. The number of aliphatic hydroxyl groups excluding tert-OH is 1. The first kappa shape index (κ1) is 10.5. The molecule has 0 amide bonds. The Morgan fingerprint density at radius 3 is 2.92 bits per heavy atom. The molecular formula is C7H10F2N2OS. The molecule has 0 saturated carbocycles. The highest BCUT2D eigenvalue weighted by atomic mass is 32.1. The summed E-state index contributed by atoms with van der Waals surface area (Å²) >= 11 is 1.44. The highest BCUT2D eigenvalue weighted by Crippen LogP contribution is 2.01. The van der Waals surface area contributed by atoms with Gasteiger partial charge in [0.1, 0.15) is 6.10 Å². The Kier molecular flexibility index (Phi) is 4.20. The molecule has 0 bridgehead atoms. The third kappa shape index (κ3) is 3.75. The summed E-state index contributed by atoms with van der Waals surface area (Å²) in [6.07, 6.45) is -4.29. The lowest BCUT2D eigenvalue weighted by Gasteiger charge is -2.09. The van der Waals surface area contributed by atoms with E-state index in [0.29, 0.717) is 6.54 Å². The number of thiazole rings is 1. The summed E-state index contributed by atoms with van der Waals surface area (Å²) in [5.74, 6) is 0. The largest absolute Gasteiger partial charge is 0.386 e. The number of rotatable bonds is 5. The first-order valence-corrected chi connectivity index (χ1v) is 4.68. The van der Waals surface area contributed by atoms with Crippen LogP contribution in [0.3, 0.4) is 0 Å². The Labute approximate surface area is 78.4 Å². The number of alkyl halides is 2. The molecule has 1 aromatic heterocycles. The van der Waals surface area contributed by atoms with Crippen molar-refractivity contribution in [1.29, 1.82) is 0 Å². The predicted molar refractivity (Wildman–Crippen MR) is 45.8 cm³/mol. The summed E-state index contributed by atoms with van der Waals surface area (Å²) in [5.41, 5.74) is 2.46. The highest BCUT2D eigenvalue weighted by Gasteiger charge is 2.15. The van der Waals surface area contributed by atoms with Crippen LogP contribution in [0, 0.1) is 0 Å². The zero-order chi connectivity index (χ0) is 9.68. The summed E-state index contributed by atoms with van der Waals surface area (Å²) < 4.78 is 23.6. The topological polar surface area (TPSA) is 45.1 Å². The number of nitrogens with zero attached hydrogens (tertiary/aromatic N) is 1. The van der Waals surface area contributed by atoms with E-state index in [1.807, 2.05) is 5.38 Å². The molecule has 1 rings (SSSR count). The number of aromatic nitrogens is 1. The fourth-order valence-electron chi connectivity index (χ4n) is 0.762. The van der Waals surface area contributed by atoms with Gasteiger partial charge in [0.05, 0.1) is 11.2 Å². The number of aliphatic hydroxyl groups is 1. The van der Waals surface area contributed by atoms with E-state index >= 15 is 0 Å². The average molecular weight is 208 g/mol. The van der Waals surface area contributed by atoms with Crippen LogP contribution in [0.15, 0.2) is 10.9 Å². The summed E-state index contributed by atoms with van der Waals surface area (Å²) in [6.45, 7) is 0.294. The van der Waals surface area contributed by atoms with E-state index < -0.39 is 12.5 Å². The molecule has 0 radical (unpaired) electrons. The lowest BCUT2D eigenvalue weighted by Crippen LogP contribution is -2.31. The van der Waals surface area contributed by atoms with Crippen LogP contribution in [0.25, 0.3) is 0 Å². The molecule has 74 valence electrons. The van der Waals surface area contributed by atoms with E-state index in [0.717, 1.165) is 5.69 Å². The van der Waals surface area contributed by atoms with Crippen LogP contribution in [-0.4, -0.2) is 29.2 Å². The molecule has 0 saturated heterocycles.